The Morgan fingerprint density at radius 2 is 1.67 bits per heavy atom. The Bertz CT molecular complexity index is 299. The number of hydrogen-bond donors (Lipinski definition) is 3. The van der Waals surface area contributed by atoms with E-state index < -0.39 is 16.9 Å². The fraction of sp³-hybridized carbons (Fsp3) is 0.929. The Hall–Kier alpha value is -0.610. The van der Waals surface area contributed by atoms with Gasteiger partial charge in [-0.15, -0.1) is 0 Å². The number of hydrogen-bond acceptors (Lipinski definition) is 3. The number of aliphatic hydroxyl groups excluding tert-OH is 1. The summed E-state index contributed by atoms with van der Waals surface area (Å²) in [5, 5.41) is 22.8. The summed E-state index contributed by atoms with van der Waals surface area (Å²) in [6, 6.07) is 0.00104. The summed E-state index contributed by atoms with van der Waals surface area (Å²) < 4.78 is 0. The maximum atomic E-state index is 11.4. The van der Waals surface area contributed by atoms with E-state index in [0.717, 1.165) is 32.1 Å². The molecule has 1 aliphatic carbocycles. The minimum atomic E-state index is -0.876. The van der Waals surface area contributed by atoms with Gasteiger partial charge in [0.1, 0.15) is 0 Å². The summed E-state index contributed by atoms with van der Waals surface area (Å²) in [5.74, 6) is -0.817. The van der Waals surface area contributed by atoms with Crippen LogP contribution in [0.1, 0.15) is 59.8 Å². The first kappa shape index (κ1) is 15.4. The first-order valence-electron chi connectivity index (χ1n) is 6.87. The topological polar surface area (TPSA) is 69.6 Å². The summed E-state index contributed by atoms with van der Waals surface area (Å²) in [6.45, 7) is 7.26. The highest BCUT2D eigenvalue weighted by molar-refractivity contribution is 5.75. The van der Waals surface area contributed by atoms with Gasteiger partial charge in [-0.05, 0) is 40.5 Å². The van der Waals surface area contributed by atoms with Gasteiger partial charge in [0.05, 0.1) is 11.5 Å². The number of nitrogens with one attached hydrogen (secondary N) is 1. The van der Waals surface area contributed by atoms with Gasteiger partial charge in [-0.25, -0.2) is 0 Å². The van der Waals surface area contributed by atoms with Crippen molar-refractivity contribution < 1.29 is 15.0 Å². The lowest BCUT2D eigenvalue weighted by atomic mass is 9.74. The van der Waals surface area contributed by atoms with E-state index in [4.69, 9.17) is 0 Å². The standard InChI is InChI=1S/C14H27NO3/c1-13(2,12(17)18)14(3,4)15-10-8-6-5-7-9-11(10)16/h10-11,15-16H,5-9H2,1-4H3,(H,17,18). The van der Waals surface area contributed by atoms with Gasteiger partial charge in [0, 0.05) is 11.6 Å². The van der Waals surface area contributed by atoms with E-state index in [1.54, 1.807) is 13.8 Å². The van der Waals surface area contributed by atoms with Gasteiger partial charge in [0.15, 0.2) is 0 Å². The largest absolute Gasteiger partial charge is 0.481 e. The molecule has 1 rings (SSSR count). The fourth-order valence-corrected chi connectivity index (χ4v) is 2.37. The van der Waals surface area contributed by atoms with Crippen LogP contribution in [0.15, 0.2) is 0 Å². The van der Waals surface area contributed by atoms with Gasteiger partial charge >= 0.3 is 5.97 Å². The van der Waals surface area contributed by atoms with Crippen LogP contribution in [0.4, 0.5) is 0 Å². The van der Waals surface area contributed by atoms with Crippen LogP contribution in [0.3, 0.4) is 0 Å². The number of carboxylic acid groups (broad SMARTS) is 1. The Labute approximate surface area is 110 Å². The summed E-state index contributed by atoms with van der Waals surface area (Å²) >= 11 is 0. The van der Waals surface area contributed by atoms with Crippen molar-refractivity contribution in [1.82, 2.24) is 5.32 Å². The number of aliphatic hydroxyl groups is 1. The molecule has 1 saturated carbocycles. The molecule has 2 atom stereocenters. The van der Waals surface area contributed by atoms with Crippen LogP contribution in [0, 0.1) is 5.41 Å². The zero-order chi connectivity index (χ0) is 14.0. The van der Waals surface area contributed by atoms with Crippen LogP contribution in [-0.2, 0) is 4.79 Å². The molecule has 0 heterocycles. The molecule has 0 aromatic heterocycles. The van der Waals surface area contributed by atoms with Crippen molar-refractivity contribution in [1.29, 1.82) is 0 Å². The van der Waals surface area contributed by atoms with Crippen molar-refractivity contribution in [2.45, 2.75) is 77.5 Å². The SMILES string of the molecule is CC(C)(NC1CCCCCC1O)C(C)(C)C(=O)O. The van der Waals surface area contributed by atoms with Crippen molar-refractivity contribution >= 4 is 5.97 Å². The molecule has 0 saturated heterocycles. The lowest BCUT2D eigenvalue weighted by Crippen LogP contribution is -2.60. The molecule has 0 bridgehead atoms. The molecule has 3 N–H and O–H groups in total. The molecule has 106 valence electrons. The van der Waals surface area contributed by atoms with Crippen molar-refractivity contribution in [2.24, 2.45) is 5.41 Å². The summed E-state index contributed by atoms with van der Waals surface area (Å²) in [4.78, 5) is 11.4. The molecule has 18 heavy (non-hydrogen) atoms. The molecule has 1 aliphatic rings. The molecule has 4 heteroatoms. The number of aliphatic carboxylic acids is 1. The maximum Gasteiger partial charge on any atom is 0.310 e. The highest BCUT2D eigenvalue weighted by Gasteiger charge is 2.45. The monoisotopic (exact) mass is 257 g/mol. The molecular weight excluding hydrogens is 230 g/mol. The second-order valence-electron chi connectivity index (χ2n) is 6.51. The minimum Gasteiger partial charge on any atom is -0.481 e. The second kappa shape index (κ2) is 5.57. The molecular formula is C14H27NO3. The molecule has 2 unspecified atom stereocenters. The molecule has 0 amide bonds. The number of carbonyl (C=O) groups is 1. The molecule has 0 spiro atoms. The molecule has 0 aromatic rings. The predicted molar refractivity (Wildman–Crippen MR) is 71.5 cm³/mol. The van der Waals surface area contributed by atoms with E-state index in [9.17, 15) is 15.0 Å². The Kier molecular flexibility index (Phi) is 4.78. The van der Waals surface area contributed by atoms with E-state index in [-0.39, 0.29) is 12.1 Å². The van der Waals surface area contributed by atoms with Gasteiger partial charge in [0.2, 0.25) is 0 Å². The van der Waals surface area contributed by atoms with E-state index >= 15 is 0 Å². The van der Waals surface area contributed by atoms with Gasteiger partial charge < -0.3 is 15.5 Å². The van der Waals surface area contributed by atoms with Gasteiger partial charge in [0.25, 0.3) is 0 Å². The third-order valence-corrected chi connectivity index (χ3v) is 4.62. The first-order valence-corrected chi connectivity index (χ1v) is 6.87. The quantitative estimate of drug-likeness (QED) is 0.675. The number of rotatable bonds is 4. The fourth-order valence-electron chi connectivity index (χ4n) is 2.37. The predicted octanol–water partition coefficient (Wildman–Crippen LogP) is 2.16. The van der Waals surface area contributed by atoms with Crippen LogP contribution in [0.25, 0.3) is 0 Å². The van der Waals surface area contributed by atoms with Crippen molar-refractivity contribution in [3.05, 3.63) is 0 Å². The molecule has 0 aliphatic heterocycles. The smallest absolute Gasteiger partial charge is 0.310 e. The lowest BCUT2D eigenvalue weighted by Gasteiger charge is -2.42. The molecule has 1 fully saturated rings. The van der Waals surface area contributed by atoms with Crippen LogP contribution in [-0.4, -0.2) is 33.9 Å². The highest BCUT2D eigenvalue weighted by Crippen LogP contribution is 2.32. The van der Waals surface area contributed by atoms with Crippen LogP contribution in [0.5, 0.6) is 0 Å². The minimum absolute atomic E-state index is 0.00104. The molecule has 0 aromatic carbocycles. The second-order valence-corrected chi connectivity index (χ2v) is 6.51. The summed E-state index contributed by atoms with van der Waals surface area (Å²) in [7, 11) is 0. The van der Waals surface area contributed by atoms with Gasteiger partial charge in [-0.1, -0.05) is 19.3 Å². The Morgan fingerprint density at radius 1 is 1.11 bits per heavy atom. The number of carboxylic acids is 1. The van der Waals surface area contributed by atoms with E-state index in [0.29, 0.717) is 0 Å². The zero-order valence-electron chi connectivity index (χ0n) is 12.0. The van der Waals surface area contributed by atoms with Gasteiger partial charge in [-0.3, -0.25) is 4.79 Å². The highest BCUT2D eigenvalue weighted by atomic mass is 16.4. The first-order chi connectivity index (χ1) is 8.18. The average Bonchev–Trinajstić information content (AvgIpc) is 2.43. The summed E-state index contributed by atoms with van der Waals surface area (Å²) in [6.07, 6.45) is 4.66. The van der Waals surface area contributed by atoms with Crippen molar-refractivity contribution in [2.75, 3.05) is 0 Å². The van der Waals surface area contributed by atoms with Gasteiger partial charge in [-0.2, -0.15) is 0 Å². The van der Waals surface area contributed by atoms with Crippen LogP contribution in [0.2, 0.25) is 0 Å². The van der Waals surface area contributed by atoms with E-state index in [1.165, 1.54) is 0 Å². The maximum absolute atomic E-state index is 11.4. The average molecular weight is 257 g/mol. The van der Waals surface area contributed by atoms with Crippen molar-refractivity contribution in [3.63, 3.8) is 0 Å². The Morgan fingerprint density at radius 3 is 2.22 bits per heavy atom. The summed E-state index contributed by atoms with van der Waals surface area (Å²) in [5.41, 5.74) is -1.44. The normalized spacial score (nSPS) is 26.7. The third-order valence-electron chi connectivity index (χ3n) is 4.62. The lowest BCUT2D eigenvalue weighted by molar-refractivity contribution is -0.151. The molecule has 4 nitrogen and oxygen atoms in total. The van der Waals surface area contributed by atoms with Crippen LogP contribution >= 0.6 is 0 Å². The zero-order valence-corrected chi connectivity index (χ0v) is 12.0. The molecule has 0 radical (unpaired) electrons. The van der Waals surface area contributed by atoms with Crippen LogP contribution < -0.4 is 5.32 Å². The Balaban J connectivity index is 2.77. The third kappa shape index (κ3) is 3.23. The van der Waals surface area contributed by atoms with E-state index in [2.05, 4.69) is 5.32 Å². The van der Waals surface area contributed by atoms with Crippen molar-refractivity contribution in [3.8, 4) is 0 Å². The van der Waals surface area contributed by atoms with E-state index in [1.807, 2.05) is 13.8 Å².